The van der Waals surface area contributed by atoms with Crippen LogP contribution in [0.3, 0.4) is 0 Å². The molecule has 11 heteroatoms. The summed E-state index contributed by atoms with van der Waals surface area (Å²) in [7, 11) is 0. The van der Waals surface area contributed by atoms with Crippen molar-refractivity contribution in [3.63, 3.8) is 0 Å². The molecular weight excluding hydrogens is 510 g/mol. The van der Waals surface area contributed by atoms with Crippen LogP contribution >= 0.6 is 0 Å². The van der Waals surface area contributed by atoms with Crippen LogP contribution in [-0.4, -0.2) is 122 Å². The van der Waals surface area contributed by atoms with Crippen molar-refractivity contribution in [2.75, 3.05) is 26.3 Å². The summed E-state index contributed by atoms with van der Waals surface area (Å²) in [6.45, 7) is 1.41. The molecule has 0 aromatic carbocycles. The van der Waals surface area contributed by atoms with E-state index < -0.39 is 68.3 Å². The van der Waals surface area contributed by atoms with E-state index in [1.54, 1.807) is 0 Å². The summed E-state index contributed by atoms with van der Waals surface area (Å²) in [6.07, 6.45) is 3.54. The molecule has 0 spiro atoms. The van der Waals surface area contributed by atoms with Crippen LogP contribution in [0.4, 0.5) is 0 Å². The Labute approximate surface area is 234 Å². The largest absolute Gasteiger partial charge is 0.394 e. The first kappa shape index (κ1) is 36.6. The second kappa shape index (κ2) is 22.2. The number of unbranched alkanes of at least 4 members (excludes halogenated alkanes) is 13. The van der Waals surface area contributed by atoms with Crippen molar-refractivity contribution in [1.82, 2.24) is 5.32 Å². The van der Waals surface area contributed by atoms with Crippen molar-refractivity contribution in [3.05, 3.63) is 0 Å². The van der Waals surface area contributed by atoms with Crippen molar-refractivity contribution >= 4 is 0 Å². The molecule has 1 rings (SSSR count). The molecule has 1 fully saturated rings. The summed E-state index contributed by atoms with van der Waals surface area (Å²) in [5.41, 5.74) is 0. The number of hydrogen-bond acceptors (Lipinski definition) is 11. The minimum atomic E-state index is -1.75. The van der Waals surface area contributed by atoms with E-state index in [2.05, 4.69) is 12.2 Å². The van der Waals surface area contributed by atoms with Gasteiger partial charge < -0.3 is 55.6 Å². The van der Waals surface area contributed by atoms with Gasteiger partial charge in [0, 0.05) is 6.54 Å². The predicted octanol–water partition coefficient (Wildman–Crippen LogP) is 0.317. The Morgan fingerprint density at radius 2 is 1.21 bits per heavy atom. The first-order valence-electron chi connectivity index (χ1n) is 15.1. The highest BCUT2D eigenvalue weighted by Crippen LogP contribution is 2.25. The van der Waals surface area contributed by atoms with Crippen LogP contribution in [0.25, 0.3) is 0 Å². The minimum absolute atomic E-state index is 0.00625. The van der Waals surface area contributed by atoms with E-state index >= 15 is 0 Å². The zero-order chi connectivity index (χ0) is 29.0. The average Bonchev–Trinajstić information content (AvgIpc) is 2.94. The summed E-state index contributed by atoms with van der Waals surface area (Å²) < 4.78 is 10.7. The van der Waals surface area contributed by atoms with E-state index in [9.17, 15) is 40.9 Å². The monoisotopic (exact) mass is 567 g/mol. The predicted molar refractivity (Wildman–Crippen MR) is 147 cm³/mol. The number of aliphatic hydroxyl groups excluding tert-OH is 8. The van der Waals surface area contributed by atoms with Gasteiger partial charge in [-0.1, -0.05) is 90.4 Å². The van der Waals surface area contributed by atoms with Crippen LogP contribution in [0.2, 0.25) is 0 Å². The quantitative estimate of drug-likeness (QED) is 0.0730. The Balaban J connectivity index is 2.23. The van der Waals surface area contributed by atoms with E-state index in [0.29, 0.717) is 6.54 Å². The van der Waals surface area contributed by atoms with E-state index in [0.717, 1.165) is 19.3 Å². The first-order valence-corrected chi connectivity index (χ1v) is 15.1. The first-order chi connectivity index (χ1) is 18.8. The molecule has 0 aromatic heterocycles. The average molecular weight is 568 g/mol. The highest BCUT2D eigenvalue weighted by molar-refractivity contribution is 4.91. The van der Waals surface area contributed by atoms with Crippen LogP contribution < -0.4 is 5.32 Å². The second-order valence-corrected chi connectivity index (χ2v) is 10.9. The lowest BCUT2D eigenvalue weighted by Gasteiger charge is -2.42. The third-order valence-corrected chi connectivity index (χ3v) is 7.50. The Hall–Kier alpha value is -0.440. The van der Waals surface area contributed by atoms with Crippen molar-refractivity contribution in [1.29, 1.82) is 0 Å². The van der Waals surface area contributed by atoms with Crippen molar-refractivity contribution < 1.29 is 50.3 Å². The number of nitrogens with one attached hydrogen (secondary N) is 1. The normalized spacial score (nSPS) is 26.8. The van der Waals surface area contributed by atoms with E-state index in [1.807, 2.05) is 0 Å². The van der Waals surface area contributed by atoms with Crippen molar-refractivity contribution in [3.8, 4) is 0 Å². The van der Waals surface area contributed by atoms with Gasteiger partial charge in [0.1, 0.15) is 42.7 Å². The zero-order valence-corrected chi connectivity index (χ0v) is 23.8. The fraction of sp³-hybridized carbons (Fsp3) is 1.00. The van der Waals surface area contributed by atoms with E-state index in [-0.39, 0.29) is 6.54 Å². The van der Waals surface area contributed by atoms with Crippen LogP contribution in [0.1, 0.15) is 96.8 Å². The van der Waals surface area contributed by atoms with E-state index in [4.69, 9.17) is 9.47 Å². The fourth-order valence-electron chi connectivity index (χ4n) is 4.87. The topological polar surface area (TPSA) is 192 Å². The molecule has 0 amide bonds. The third kappa shape index (κ3) is 14.3. The van der Waals surface area contributed by atoms with Gasteiger partial charge in [0.05, 0.1) is 19.3 Å². The molecule has 39 heavy (non-hydrogen) atoms. The van der Waals surface area contributed by atoms with Gasteiger partial charge in [0.25, 0.3) is 0 Å². The summed E-state index contributed by atoms with van der Waals surface area (Å²) in [6, 6.07) is 0. The number of ether oxygens (including phenoxy) is 2. The van der Waals surface area contributed by atoms with Crippen molar-refractivity contribution in [2.45, 2.75) is 152 Å². The lowest BCUT2D eigenvalue weighted by Crippen LogP contribution is -2.61. The minimum Gasteiger partial charge on any atom is -0.394 e. The fourth-order valence-corrected chi connectivity index (χ4v) is 4.87. The van der Waals surface area contributed by atoms with Gasteiger partial charge >= 0.3 is 0 Å². The van der Waals surface area contributed by atoms with Gasteiger partial charge in [-0.15, -0.1) is 0 Å². The molecule has 0 aromatic rings. The van der Waals surface area contributed by atoms with Gasteiger partial charge in [-0.25, -0.2) is 0 Å². The molecule has 9 N–H and O–H groups in total. The lowest BCUT2D eigenvalue weighted by molar-refractivity contribution is -0.327. The Morgan fingerprint density at radius 3 is 1.69 bits per heavy atom. The second-order valence-electron chi connectivity index (χ2n) is 10.9. The Morgan fingerprint density at radius 1 is 0.692 bits per heavy atom. The molecule has 0 saturated carbocycles. The Bertz CT molecular complexity index is 572. The molecule has 1 aliphatic rings. The van der Waals surface area contributed by atoms with Gasteiger partial charge in [0.2, 0.25) is 0 Å². The molecule has 1 aliphatic heterocycles. The smallest absolute Gasteiger partial charge is 0.187 e. The molecule has 1 saturated heterocycles. The lowest BCUT2D eigenvalue weighted by atomic mass is 9.98. The number of rotatable bonds is 24. The maximum absolute atomic E-state index is 10.6. The molecule has 1 heterocycles. The maximum atomic E-state index is 10.6. The SMILES string of the molecule is CCCCCCCCCCCCCCCCNCC(O)C(O)C(OC1OC(CO)C(O)C(O)C1O)C(O)CO. The van der Waals surface area contributed by atoms with E-state index in [1.165, 1.54) is 70.6 Å². The Kier molecular flexibility index (Phi) is 20.8. The summed E-state index contributed by atoms with van der Waals surface area (Å²) in [4.78, 5) is 0. The van der Waals surface area contributed by atoms with Crippen molar-refractivity contribution in [2.24, 2.45) is 0 Å². The zero-order valence-electron chi connectivity index (χ0n) is 23.8. The van der Waals surface area contributed by atoms with Gasteiger partial charge in [-0.3, -0.25) is 0 Å². The highest BCUT2D eigenvalue weighted by atomic mass is 16.7. The molecule has 9 atom stereocenters. The van der Waals surface area contributed by atoms with Crippen LogP contribution in [0.15, 0.2) is 0 Å². The van der Waals surface area contributed by atoms with Gasteiger partial charge in [-0.05, 0) is 13.0 Å². The van der Waals surface area contributed by atoms with Crippen LogP contribution in [0, 0.1) is 0 Å². The summed E-state index contributed by atoms with van der Waals surface area (Å²) in [5.74, 6) is 0. The standard InChI is InChI=1S/C28H57NO10/c1-2-3-4-5-6-7-8-9-10-11-12-13-14-15-16-29-17-20(32)23(34)27(21(33)18-30)39-28-26(37)25(36)24(35)22(19-31)38-28/h20-37H,2-19H2,1H3. The molecule has 234 valence electrons. The number of aliphatic hydroxyl groups is 8. The van der Waals surface area contributed by atoms with Gasteiger partial charge in [-0.2, -0.15) is 0 Å². The number of hydrogen-bond donors (Lipinski definition) is 9. The molecule has 0 radical (unpaired) electrons. The molecule has 11 nitrogen and oxygen atoms in total. The molecular formula is C28H57NO10. The highest BCUT2D eigenvalue weighted by Gasteiger charge is 2.46. The van der Waals surface area contributed by atoms with Gasteiger partial charge in [0.15, 0.2) is 6.29 Å². The summed E-state index contributed by atoms with van der Waals surface area (Å²) >= 11 is 0. The van der Waals surface area contributed by atoms with Crippen LogP contribution in [-0.2, 0) is 9.47 Å². The maximum Gasteiger partial charge on any atom is 0.187 e. The molecule has 0 aliphatic carbocycles. The molecule has 0 bridgehead atoms. The summed E-state index contributed by atoms with van der Waals surface area (Å²) in [5, 5.41) is 82.9. The third-order valence-electron chi connectivity index (χ3n) is 7.50. The molecule has 9 unspecified atom stereocenters. The van der Waals surface area contributed by atoms with Crippen LogP contribution in [0.5, 0.6) is 0 Å².